The summed E-state index contributed by atoms with van der Waals surface area (Å²) < 4.78 is 5.02. The van der Waals surface area contributed by atoms with Crippen LogP contribution >= 0.6 is 0 Å². The van der Waals surface area contributed by atoms with E-state index in [1.54, 1.807) is 24.3 Å². The number of hydrogen-bond acceptors (Lipinski definition) is 8. The molecule has 30 heavy (non-hydrogen) atoms. The van der Waals surface area contributed by atoms with Crippen molar-refractivity contribution in [2.75, 3.05) is 20.2 Å². The molecule has 1 aromatic carbocycles. The fourth-order valence-electron chi connectivity index (χ4n) is 2.49. The van der Waals surface area contributed by atoms with Crippen molar-refractivity contribution in [2.24, 2.45) is 0 Å². The van der Waals surface area contributed by atoms with Crippen LogP contribution in [0.4, 0.5) is 4.79 Å². The SMILES string of the molecule is COc1ccc(C=C2C(=O)N(CCC(=O)[O-])C(=O)N(CCC(=O)[O-])C2=O)cc1.[K+].[K+]. The van der Waals surface area contributed by atoms with Gasteiger partial charge in [0.25, 0.3) is 11.8 Å². The number of nitrogens with zero attached hydrogens (tertiary/aromatic N) is 2. The van der Waals surface area contributed by atoms with Crippen molar-refractivity contribution in [1.82, 2.24) is 9.80 Å². The fraction of sp³-hybridized carbons (Fsp3) is 0.278. The van der Waals surface area contributed by atoms with Gasteiger partial charge in [-0.15, -0.1) is 0 Å². The normalized spacial score (nSPS) is 13.4. The molecular formula is C18H16K2N2O8. The standard InChI is InChI=1S/C18H18N2O8.2K/c1-28-12-4-2-11(3-5-12)10-13-16(25)19(8-6-14(21)22)18(27)20(17(13)26)9-7-15(23)24;;/h2-5,10H,6-9H2,1H3,(H,21,22)(H,23,24);;/q;2*+1/p-2. The quantitative estimate of drug-likeness (QED) is 0.208. The number of carboxylic acids is 2. The minimum atomic E-state index is -1.49. The van der Waals surface area contributed by atoms with E-state index in [1.807, 2.05) is 0 Å². The Morgan fingerprint density at radius 1 is 0.900 bits per heavy atom. The number of hydrogen-bond donors (Lipinski definition) is 0. The van der Waals surface area contributed by atoms with Crippen molar-refractivity contribution in [3.05, 3.63) is 35.4 Å². The number of methoxy groups -OCH3 is 1. The zero-order chi connectivity index (χ0) is 20.8. The third-order valence-corrected chi connectivity index (χ3v) is 3.92. The molecule has 0 radical (unpaired) electrons. The Hall–Kier alpha value is -0.417. The molecule has 10 nitrogen and oxygen atoms in total. The summed E-state index contributed by atoms with van der Waals surface area (Å²) in [5, 5.41) is 21.4. The first-order chi connectivity index (χ1) is 13.2. The Morgan fingerprint density at radius 3 is 1.70 bits per heavy atom. The van der Waals surface area contributed by atoms with Crippen molar-refractivity contribution in [2.45, 2.75) is 12.8 Å². The van der Waals surface area contributed by atoms with Gasteiger partial charge < -0.3 is 24.5 Å². The van der Waals surface area contributed by atoms with Gasteiger partial charge in [-0.2, -0.15) is 0 Å². The van der Waals surface area contributed by atoms with Gasteiger partial charge in [-0.3, -0.25) is 19.4 Å². The van der Waals surface area contributed by atoms with Crippen LogP contribution in [0, 0.1) is 0 Å². The molecule has 1 heterocycles. The molecular weight excluding hydrogens is 450 g/mol. The number of benzene rings is 1. The molecule has 1 fully saturated rings. The van der Waals surface area contributed by atoms with E-state index in [0.717, 1.165) is 0 Å². The minimum absolute atomic E-state index is 0. The number of urea groups is 1. The Balaban J connectivity index is 0.00000420. The van der Waals surface area contributed by atoms with Crippen LogP contribution in [0.5, 0.6) is 5.75 Å². The molecule has 0 atom stereocenters. The third-order valence-electron chi connectivity index (χ3n) is 3.92. The maximum Gasteiger partial charge on any atom is 1.00 e. The monoisotopic (exact) mass is 466 g/mol. The summed E-state index contributed by atoms with van der Waals surface area (Å²) in [6.07, 6.45) is -0.0276. The summed E-state index contributed by atoms with van der Waals surface area (Å²) in [6.45, 7) is -1.04. The van der Waals surface area contributed by atoms with Gasteiger partial charge in [0.1, 0.15) is 11.3 Å². The second-order valence-corrected chi connectivity index (χ2v) is 5.77. The Morgan fingerprint density at radius 2 is 1.33 bits per heavy atom. The summed E-state index contributed by atoms with van der Waals surface area (Å²) in [5.74, 6) is -4.38. The van der Waals surface area contributed by atoms with Gasteiger partial charge in [0.05, 0.1) is 7.11 Å². The van der Waals surface area contributed by atoms with Crippen molar-refractivity contribution in [3.8, 4) is 5.75 Å². The first kappa shape index (κ1) is 29.6. The van der Waals surface area contributed by atoms with E-state index in [2.05, 4.69) is 0 Å². The molecule has 4 amide bonds. The maximum absolute atomic E-state index is 12.6. The molecule has 0 saturated carbocycles. The molecule has 1 aromatic rings. The van der Waals surface area contributed by atoms with E-state index in [9.17, 15) is 34.2 Å². The minimum Gasteiger partial charge on any atom is -0.550 e. The van der Waals surface area contributed by atoms with Gasteiger partial charge >= 0.3 is 109 Å². The zero-order valence-corrected chi connectivity index (χ0v) is 23.1. The summed E-state index contributed by atoms with van der Waals surface area (Å²) in [7, 11) is 1.47. The van der Waals surface area contributed by atoms with Gasteiger partial charge in [-0.1, -0.05) is 12.1 Å². The summed E-state index contributed by atoms with van der Waals surface area (Å²) in [5.41, 5.74) is 0.0491. The molecule has 0 unspecified atom stereocenters. The predicted molar refractivity (Wildman–Crippen MR) is 89.0 cm³/mol. The molecule has 1 aliphatic heterocycles. The smallest absolute Gasteiger partial charge is 0.550 e. The molecule has 0 spiro atoms. The summed E-state index contributed by atoms with van der Waals surface area (Å²) >= 11 is 0. The van der Waals surface area contributed by atoms with Crippen LogP contribution in [0.15, 0.2) is 29.8 Å². The average Bonchev–Trinajstić information content (AvgIpc) is 2.65. The Labute approximate surface area is 257 Å². The van der Waals surface area contributed by atoms with Gasteiger partial charge in [0.15, 0.2) is 0 Å². The molecule has 0 bridgehead atoms. The number of amides is 4. The van der Waals surface area contributed by atoms with Crippen LogP contribution in [0.3, 0.4) is 0 Å². The molecule has 2 rings (SSSR count). The number of ether oxygens (including phenoxy) is 1. The maximum atomic E-state index is 12.6. The van der Waals surface area contributed by atoms with Crippen molar-refractivity contribution in [3.63, 3.8) is 0 Å². The molecule has 1 saturated heterocycles. The second-order valence-electron chi connectivity index (χ2n) is 5.77. The van der Waals surface area contributed by atoms with Crippen LogP contribution in [-0.2, 0) is 19.2 Å². The van der Waals surface area contributed by atoms with Gasteiger partial charge in [0.2, 0.25) is 0 Å². The van der Waals surface area contributed by atoms with Crippen molar-refractivity contribution >= 4 is 35.9 Å². The fourth-order valence-corrected chi connectivity index (χ4v) is 2.49. The number of aliphatic carboxylic acids is 2. The number of barbiturate groups is 1. The molecule has 0 aromatic heterocycles. The second kappa shape index (κ2) is 13.9. The van der Waals surface area contributed by atoms with E-state index in [-0.39, 0.29) is 103 Å². The van der Waals surface area contributed by atoms with Crippen LogP contribution in [0.2, 0.25) is 0 Å². The number of carbonyl (C=O) groups is 5. The van der Waals surface area contributed by atoms with E-state index >= 15 is 0 Å². The van der Waals surface area contributed by atoms with E-state index < -0.39 is 61.3 Å². The van der Waals surface area contributed by atoms with Gasteiger partial charge in [-0.25, -0.2) is 4.79 Å². The van der Waals surface area contributed by atoms with E-state index in [0.29, 0.717) is 21.1 Å². The first-order valence-electron chi connectivity index (χ1n) is 8.17. The van der Waals surface area contributed by atoms with Crippen molar-refractivity contribution in [1.29, 1.82) is 0 Å². The molecule has 148 valence electrons. The molecule has 0 aliphatic carbocycles. The molecule has 1 aliphatic rings. The Kier molecular flexibility index (Phi) is 13.7. The average molecular weight is 467 g/mol. The Bertz CT molecular complexity index is 812. The first-order valence-corrected chi connectivity index (χ1v) is 8.17. The van der Waals surface area contributed by atoms with Crippen LogP contribution in [0.25, 0.3) is 6.08 Å². The van der Waals surface area contributed by atoms with Gasteiger partial charge in [-0.05, 0) is 23.8 Å². The van der Waals surface area contributed by atoms with Crippen molar-refractivity contribution < 1.29 is 142 Å². The van der Waals surface area contributed by atoms with E-state index in [1.165, 1.54) is 13.2 Å². The topological polar surface area (TPSA) is 147 Å². The third kappa shape index (κ3) is 7.93. The summed E-state index contributed by atoms with van der Waals surface area (Å²) in [6, 6.07) is 5.23. The van der Waals surface area contributed by atoms with Crippen LogP contribution in [0.1, 0.15) is 18.4 Å². The number of carboxylic acid groups (broad SMARTS) is 2. The van der Waals surface area contributed by atoms with Gasteiger partial charge in [0, 0.05) is 37.9 Å². The molecule has 12 heteroatoms. The van der Waals surface area contributed by atoms with E-state index in [4.69, 9.17) is 4.74 Å². The molecule has 0 N–H and O–H groups in total. The largest absolute Gasteiger partial charge is 1.00 e. The number of carbonyl (C=O) groups excluding carboxylic acids is 5. The number of rotatable bonds is 8. The van der Waals surface area contributed by atoms with Crippen LogP contribution < -0.4 is 118 Å². The van der Waals surface area contributed by atoms with Crippen LogP contribution in [-0.4, -0.2) is 59.8 Å². The number of imide groups is 2. The zero-order valence-electron chi connectivity index (χ0n) is 16.9. The summed E-state index contributed by atoms with van der Waals surface area (Å²) in [4.78, 5) is 60.1. The predicted octanol–water partition coefficient (Wildman–Crippen LogP) is -7.84.